The van der Waals surface area contributed by atoms with Crippen molar-refractivity contribution in [2.45, 2.75) is 82.7 Å². The molecule has 4 aliphatic heterocycles. The summed E-state index contributed by atoms with van der Waals surface area (Å²) in [6, 6.07) is 21.6. The highest BCUT2D eigenvalue weighted by atomic mass is 32.2. The molecular formula is C38H42F2N4O4S2. The van der Waals surface area contributed by atoms with E-state index in [1.165, 1.54) is 48.5 Å². The summed E-state index contributed by atoms with van der Waals surface area (Å²) in [7, 11) is -7.30. The van der Waals surface area contributed by atoms with Crippen LogP contribution in [0, 0.1) is 17.6 Å². The van der Waals surface area contributed by atoms with Crippen molar-refractivity contribution in [1.82, 2.24) is 10.6 Å². The average molecular weight is 721 g/mol. The zero-order valence-corrected chi connectivity index (χ0v) is 29.6. The highest BCUT2D eigenvalue weighted by Gasteiger charge is 2.38. The summed E-state index contributed by atoms with van der Waals surface area (Å²) in [6.45, 7) is 7.22. The zero-order valence-electron chi connectivity index (χ0n) is 28.0. The normalized spacial score (nSPS) is 25.6. The van der Waals surface area contributed by atoms with E-state index in [2.05, 4.69) is 35.1 Å². The summed E-state index contributed by atoms with van der Waals surface area (Å²) in [4.78, 5) is 0.772. The Labute approximate surface area is 292 Å². The predicted molar refractivity (Wildman–Crippen MR) is 190 cm³/mol. The second-order valence-corrected chi connectivity index (χ2v) is 17.8. The SMILES string of the molecule is CC1CNCC[C@H]2Nc3ccc(S(=O)(=O)c4ccc(F)cc4)cc3[C@@H]12.CC1C[C@@H]2c3cc(S(=O)(=O)c4ccc(F)cc4)ccc3N[C@@H]2CCN1. The predicted octanol–water partition coefficient (Wildman–Crippen LogP) is 6.47. The fraction of sp³-hybridized carbons (Fsp3) is 0.368. The van der Waals surface area contributed by atoms with Gasteiger partial charge in [-0.05, 0) is 148 Å². The molecule has 4 aliphatic rings. The van der Waals surface area contributed by atoms with Gasteiger partial charge in [0.25, 0.3) is 0 Å². The van der Waals surface area contributed by atoms with Crippen molar-refractivity contribution in [3.8, 4) is 0 Å². The molecule has 0 spiro atoms. The van der Waals surface area contributed by atoms with E-state index < -0.39 is 31.3 Å². The van der Waals surface area contributed by atoms with Gasteiger partial charge in [0.05, 0.1) is 19.6 Å². The van der Waals surface area contributed by atoms with E-state index in [-0.39, 0.29) is 19.6 Å². The molecule has 2 fully saturated rings. The summed E-state index contributed by atoms with van der Waals surface area (Å²) < 4.78 is 77.8. The van der Waals surface area contributed by atoms with Gasteiger partial charge in [0, 0.05) is 41.3 Å². The molecule has 0 aliphatic carbocycles. The molecule has 0 bridgehead atoms. The van der Waals surface area contributed by atoms with Crippen LogP contribution in [0.5, 0.6) is 0 Å². The lowest BCUT2D eigenvalue weighted by atomic mass is 9.84. The van der Waals surface area contributed by atoms with Crippen molar-refractivity contribution < 1.29 is 25.6 Å². The number of sulfone groups is 2. The first-order valence-corrected chi connectivity index (χ1v) is 20.1. The van der Waals surface area contributed by atoms with E-state index >= 15 is 0 Å². The molecule has 4 aromatic carbocycles. The molecule has 4 aromatic rings. The molecule has 4 heterocycles. The Bertz CT molecular complexity index is 2090. The minimum absolute atomic E-state index is 0.118. The number of nitrogens with one attached hydrogen (secondary N) is 4. The Morgan fingerprint density at radius 2 is 1.12 bits per heavy atom. The van der Waals surface area contributed by atoms with Gasteiger partial charge in [-0.3, -0.25) is 0 Å². The first-order chi connectivity index (χ1) is 23.9. The molecule has 0 saturated carbocycles. The van der Waals surface area contributed by atoms with Crippen molar-refractivity contribution in [2.24, 2.45) is 5.92 Å². The standard InChI is InChI=1S/2C19H21FN2O2S/c1-12-11-21-9-8-18-19(12)16-10-15(6-7-17(16)22-18)25(23,24)14-4-2-13(20)3-5-14;1-12-10-16-17-11-15(6-7-18(17)22-19(16)8-9-21-12)25(23,24)14-4-2-13(20)3-5-14/h2-7,10,12,18-19,21-22H,8-9,11H2,1H3;2-7,11-12,16,19,21-22H,8-10H2,1H3/t12?,18-,19-;12?,16-,19-/m11/s1. The maximum absolute atomic E-state index is 13.1. The van der Waals surface area contributed by atoms with Gasteiger partial charge in [-0.15, -0.1) is 0 Å². The van der Waals surface area contributed by atoms with Gasteiger partial charge in [-0.25, -0.2) is 25.6 Å². The second kappa shape index (κ2) is 13.7. The molecule has 12 heteroatoms. The molecule has 4 N–H and O–H groups in total. The van der Waals surface area contributed by atoms with Crippen LogP contribution in [0.15, 0.2) is 105 Å². The van der Waals surface area contributed by atoms with Crippen molar-refractivity contribution >= 4 is 31.0 Å². The van der Waals surface area contributed by atoms with E-state index in [0.29, 0.717) is 35.9 Å². The molecule has 50 heavy (non-hydrogen) atoms. The minimum atomic E-state index is -3.65. The fourth-order valence-electron chi connectivity index (χ4n) is 7.97. The summed E-state index contributed by atoms with van der Waals surface area (Å²) in [6.07, 6.45) is 3.01. The first-order valence-electron chi connectivity index (χ1n) is 17.2. The minimum Gasteiger partial charge on any atom is -0.381 e. The van der Waals surface area contributed by atoms with Crippen molar-refractivity contribution in [2.75, 3.05) is 30.3 Å². The maximum Gasteiger partial charge on any atom is 0.206 e. The number of halogens is 2. The summed E-state index contributed by atoms with van der Waals surface area (Å²) in [5.74, 6) is 0.140. The Hall–Kier alpha value is -3.84. The van der Waals surface area contributed by atoms with Crippen molar-refractivity contribution in [3.05, 3.63) is 108 Å². The van der Waals surface area contributed by atoms with E-state index in [4.69, 9.17) is 0 Å². The third-order valence-electron chi connectivity index (χ3n) is 10.5. The van der Waals surface area contributed by atoms with Crippen LogP contribution in [0.25, 0.3) is 0 Å². The lowest BCUT2D eigenvalue weighted by molar-refractivity contribution is 0.443. The van der Waals surface area contributed by atoms with Gasteiger partial charge in [-0.1, -0.05) is 6.92 Å². The molecule has 264 valence electrons. The number of benzene rings is 4. The molecule has 0 radical (unpaired) electrons. The van der Waals surface area contributed by atoms with Crippen LogP contribution in [0.2, 0.25) is 0 Å². The van der Waals surface area contributed by atoms with E-state index in [1.54, 1.807) is 24.3 Å². The third-order valence-corrected chi connectivity index (χ3v) is 14.1. The van der Waals surface area contributed by atoms with Crippen molar-refractivity contribution in [3.63, 3.8) is 0 Å². The van der Waals surface area contributed by atoms with Gasteiger partial charge < -0.3 is 21.3 Å². The number of hydrogen-bond donors (Lipinski definition) is 4. The molecule has 2 saturated heterocycles. The topological polar surface area (TPSA) is 116 Å². The Balaban J connectivity index is 0.000000157. The quantitative estimate of drug-likeness (QED) is 0.177. The van der Waals surface area contributed by atoms with Crippen LogP contribution in [0.1, 0.15) is 56.1 Å². The molecule has 6 atom stereocenters. The highest BCUT2D eigenvalue weighted by molar-refractivity contribution is 7.91. The van der Waals surface area contributed by atoms with Gasteiger partial charge >= 0.3 is 0 Å². The zero-order chi connectivity index (χ0) is 35.2. The van der Waals surface area contributed by atoms with Gasteiger partial charge in [0.15, 0.2) is 0 Å². The molecule has 8 nitrogen and oxygen atoms in total. The smallest absolute Gasteiger partial charge is 0.206 e. The van der Waals surface area contributed by atoms with Crippen LogP contribution in [-0.4, -0.2) is 54.6 Å². The fourth-order valence-corrected chi connectivity index (χ4v) is 10.6. The Kier molecular flexibility index (Phi) is 9.48. The van der Waals surface area contributed by atoms with Gasteiger partial charge in [0.2, 0.25) is 19.7 Å². The summed E-state index contributed by atoms with van der Waals surface area (Å²) in [5.41, 5.74) is 4.21. The van der Waals surface area contributed by atoms with Crippen LogP contribution in [0.3, 0.4) is 0 Å². The second-order valence-electron chi connectivity index (χ2n) is 13.9. The molecule has 0 aromatic heterocycles. The molecule has 8 rings (SSSR count). The third kappa shape index (κ3) is 6.66. The Morgan fingerprint density at radius 1 is 0.620 bits per heavy atom. The monoisotopic (exact) mass is 720 g/mol. The van der Waals surface area contributed by atoms with Crippen LogP contribution < -0.4 is 21.3 Å². The van der Waals surface area contributed by atoms with Gasteiger partial charge in [-0.2, -0.15) is 0 Å². The van der Waals surface area contributed by atoms with Crippen LogP contribution in [0.4, 0.5) is 20.2 Å². The van der Waals surface area contributed by atoms with E-state index in [1.807, 2.05) is 12.1 Å². The highest BCUT2D eigenvalue weighted by Crippen LogP contribution is 2.44. The number of rotatable bonds is 4. The van der Waals surface area contributed by atoms with E-state index in [9.17, 15) is 25.6 Å². The van der Waals surface area contributed by atoms with Gasteiger partial charge in [0.1, 0.15) is 11.6 Å². The summed E-state index contributed by atoms with van der Waals surface area (Å²) >= 11 is 0. The molecule has 0 amide bonds. The first kappa shape index (κ1) is 34.6. The maximum atomic E-state index is 13.1. The number of fused-ring (bicyclic) bond motifs is 6. The average Bonchev–Trinajstić information content (AvgIpc) is 3.49. The number of anilines is 2. The summed E-state index contributed by atoms with van der Waals surface area (Å²) in [5, 5.41) is 14.0. The number of hydrogen-bond acceptors (Lipinski definition) is 8. The molecular weight excluding hydrogens is 679 g/mol. The Morgan fingerprint density at radius 3 is 1.72 bits per heavy atom. The largest absolute Gasteiger partial charge is 0.381 e. The lowest BCUT2D eigenvalue weighted by Crippen LogP contribution is -2.25. The van der Waals surface area contributed by atoms with Crippen LogP contribution >= 0.6 is 0 Å². The molecule has 2 unspecified atom stereocenters. The lowest BCUT2D eigenvalue weighted by Gasteiger charge is -2.22. The van der Waals surface area contributed by atoms with Crippen LogP contribution in [-0.2, 0) is 19.7 Å². The van der Waals surface area contributed by atoms with Crippen molar-refractivity contribution in [1.29, 1.82) is 0 Å². The van der Waals surface area contributed by atoms with E-state index in [0.717, 1.165) is 61.4 Å².